The number of nitrogens with one attached hydrogen (secondary N) is 2. The molecule has 0 spiro atoms. The molecule has 0 aliphatic carbocycles. The number of carbonyl (C=O) groups is 2. The molecule has 10 heteroatoms. The second-order valence-corrected chi connectivity index (χ2v) is 10.9. The number of aryl methyl sites for hydroxylation is 2. The van der Waals surface area contributed by atoms with Gasteiger partial charge in [0.05, 0.1) is 16.8 Å². The highest BCUT2D eigenvalue weighted by molar-refractivity contribution is 7.92. The Morgan fingerprint density at radius 2 is 1.66 bits per heavy atom. The van der Waals surface area contributed by atoms with Crippen LogP contribution in [0.3, 0.4) is 0 Å². The average Bonchev–Trinajstić information content (AvgIpc) is 2.88. The van der Waals surface area contributed by atoms with Gasteiger partial charge in [-0.3, -0.25) is 13.9 Å². The van der Waals surface area contributed by atoms with E-state index in [9.17, 15) is 18.0 Å². The van der Waals surface area contributed by atoms with Gasteiger partial charge in [-0.15, -0.1) is 0 Å². The predicted octanol–water partition coefficient (Wildman–Crippen LogP) is 3.55. The second kappa shape index (κ2) is 12.9. The van der Waals surface area contributed by atoms with E-state index in [1.54, 1.807) is 55.5 Å². The zero-order chi connectivity index (χ0) is 27.7. The number of benzene rings is 3. The van der Waals surface area contributed by atoms with Crippen LogP contribution in [0.4, 0.5) is 5.69 Å². The summed E-state index contributed by atoms with van der Waals surface area (Å²) in [5, 5.41) is 6.71. The van der Waals surface area contributed by atoms with Crippen molar-refractivity contribution in [3.8, 4) is 5.75 Å². The van der Waals surface area contributed by atoms with Crippen LogP contribution >= 0.6 is 0 Å². The number of nitrogens with zero attached hydrogens (tertiary/aromatic N) is 2. The molecule has 200 valence electrons. The lowest BCUT2D eigenvalue weighted by Crippen LogP contribution is -2.40. The van der Waals surface area contributed by atoms with Gasteiger partial charge in [-0.2, -0.15) is 5.10 Å². The number of hydrazone groups is 1. The van der Waals surface area contributed by atoms with Crippen LogP contribution in [0.15, 0.2) is 82.8 Å². The highest BCUT2D eigenvalue weighted by Gasteiger charge is 2.28. The molecule has 38 heavy (non-hydrogen) atoms. The van der Waals surface area contributed by atoms with Gasteiger partial charge >= 0.3 is 0 Å². The first-order valence-corrected chi connectivity index (χ1v) is 13.5. The van der Waals surface area contributed by atoms with E-state index >= 15 is 0 Å². The fourth-order valence-electron chi connectivity index (χ4n) is 3.51. The Balaban J connectivity index is 1.68. The van der Waals surface area contributed by atoms with Crippen molar-refractivity contribution >= 4 is 33.7 Å². The smallest absolute Gasteiger partial charge is 0.264 e. The first-order valence-electron chi connectivity index (χ1n) is 12.1. The summed E-state index contributed by atoms with van der Waals surface area (Å²) in [5.41, 5.74) is 5.08. The molecule has 3 rings (SSSR count). The fraction of sp³-hybridized carbons (Fsp3) is 0.250. The number of hydrogen-bond acceptors (Lipinski definition) is 6. The van der Waals surface area contributed by atoms with E-state index in [1.807, 2.05) is 32.9 Å². The molecule has 2 N–H and O–H groups in total. The molecule has 0 unspecified atom stereocenters. The molecule has 0 aliphatic rings. The molecule has 0 radical (unpaired) electrons. The van der Waals surface area contributed by atoms with Crippen LogP contribution in [-0.2, 0) is 19.6 Å². The van der Waals surface area contributed by atoms with Crippen LogP contribution in [0.5, 0.6) is 5.75 Å². The van der Waals surface area contributed by atoms with Crippen molar-refractivity contribution in [1.29, 1.82) is 0 Å². The third-order valence-corrected chi connectivity index (χ3v) is 7.13. The highest BCUT2D eigenvalue weighted by Crippen LogP contribution is 2.27. The lowest BCUT2D eigenvalue weighted by atomic mass is 10.1. The topological polar surface area (TPSA) is 117 Å². The van der Waals surface area contributed by atoms with E-state index < -0.39 is 22.5 Å². The maximum absolute atomic E-state index is 13.5. The number of carbonyl (C=O) groups excluding carboxylic acids is 2. The Morgan fingerprint density at radius 1 is 0.974 bits per heavy atom. The number of hydrogen-bond donors (Lipinski definition) is 2. The summed E-state index contributed by atoms with van der Waals surface area (Å²) >= 11 is 0. The molecule has 0 bridgehead atoms. The molecule has 0 saturated carbocycles. The minimum absolute atomic E-state index is 0.0336. The first kappa shape index (κ1) is 28.4. The van der Waals surface area contributed by atoms with Crippen molar-refractivity contribution in [3.05, 3.63) is 89.5 Å². The molecule has 3 aromatic rings. The summed E-state index contributed by atoms with van der Waals surface area (Å²) < 4.78 is 33.5. The molecule has 0 aliphatic heterocycles. The zero-order valence-corrected chi connectivity index (χ0v) is 22.7. The summed E-state index contributed by atoms with van der Waals surface area (Å²) in [6.45, 7) is 6.84. The second-order valence-electron chi connectivity index (χ2n) is 8.99. The van der Waals surface area contributed by atoms with Crippen LogP contribution in [0.25, 0.3) is 0 Å². The summed E-state index contributed by atoms with van der Waals surface area (Å²) in [5.74, 6) is -0.296. The maximum Gasteiger partial charge on any atom is 0.264 e. The summed E-state index contributed by atoms with van der Waals surface area (Å²) in [7, 11) is -4.01. The first-order chi connectivity index (χ1) is 18.1. The Bertz CT molecular complexity index is 1390. The van der Waals surface area contributed by atoms with Crippen molar-refractivity contribution in [3.63, 3.8) is 0 Å². The number of rotatable bonds is 11. The molecule has 9 nitrogen and oxygen atoms in total. The molecule has 0 aromatic heterocycles. The largest absolute Gasteiger partial charge is 0.484 e. The maximum atomic E-state index is 13.5. The predicted molar refractivity (Wildman–Crippen MR) is 148 cm³/mol. The summed E-state index contributed by atoms with van der Waals surface area (Å²) in [6, 6.07) is 20.2. The van der Waals surface area contributed by atoms with E-state index in [0.29, 0.717) is 17.0 Å². The number of anilines is 1. The quantitative estimate of drug-likeness (QED) is 0.287. The minimum atomic E-state index is -4.01. The standard InChI is InChI=1S/C28H32N4O5S/c1-20(2)30-28(34)19-37-24-14-12-23(13-15-24)17-29-31-27(33)18-32(26-16-21(3)10-11-22(26)4)38(35,36)25-8-6-5-7-9-25/h5-17,20H,18-19H2,1-4H3,(H,30,34)(H,31,33)/b29-17-. The van der Waals surface area contributed by atoms with Gasteiger partial charge in [-0.1, -0.05) is 30.3 Å². The molecule has 2 amide bonds. The van der Waals surface area contributed by atoms with Crippen LogP contribution in [0.2, 0.25) is 0 Å². The van der Waals surface area contributed by atoms with Crippen LogP contribution in [0.1, 0.15) is 30.5 Å². The normalized spacial score (nSPS) is 11.4. The number of ether oxygens (including phenoxy) is 1. The molecule has 0 heterocycles. The fourth-order valence-corrected chi connectivity index (χ4v) is 5.01. The van der Waals surface area contributed by atoms with Gasteiger partial charge in [0.25, 0.3) is 21.8 Å². The summed E-state index contributed by atoms with van der Waals surface area (Å²) in [6.07, 6.45) is 1.43. The molecule has 3 aromatic carbocycles. The highest BCUT2D eigenvalue weighted by atomic mass is 32.2. The van der Waals surface area contributed by atoms with Crippen molar-refractivity contribution in [2.45, 2.75) is 38.6 Å². The Labute approximate surface area is 223 Å². The Morgan fingerprint density at radius 3 is 2.32 bits per heavy atom. The van der Waals surface area contributed by atoms with E-state index in [1.165, 1.54) is 18.3 Å². The van der Waals surface area contributed by atoms with Gasteiger partial charge in [-0.05, 0) is 86.8 Å². The van der Waals surface area contributed by atoms with Gasteiger partial charge in [0.15, 0.2) is 6.61 Å². The van der Waals surface area contributed by atoms with Gasteiger partial charge < -0.3 is 10.1 Å². The molecule has 0 atom stereocenters. The number of amides is 2. The Hall–Kier alpha value is -4.18. The molecular weight excluding hydrogens is 504 g/mol. The molecular formula is C28H32N4O5S. The van der Waals surface area contributed by atoms with Gasteiger partial charge in [0.1, 0.15) is 12.3 Å². The zero-order valence-electron chi connectivity index (χ0n) is 21.8. The van der Waals surface area contributed by atoms with Crippen LogP contribution in [0, 0.1) is 13.8 Å². The van der Waals surface area contributed by atoms with Gasteiger partial charge in [0, 0.05) is 6.04 Å². The van der Waals surface area contributed by atoms with Crippen molar-refractivity contribution < 1.29 is 22.7 Å². The van der Waals surface area contributed by atoms with Crippen LogP contribution < -0.4 is 19.8 Å². The van der Waals surface area contributed by atoms with Gasteiger partial charge in [0.2, 0.25) is 0 Å². The average molecular weight is 537 g/mol. The molecule has 0 fully saturated rings. The monoisotopic (exact) mass is 536 g/mol. The molecule has 0 saturated heterocycles. The van der Waals surface area contributed by atoms with Gasteiger partial charge in [-0.25, -0.2) is 13.8 Å². The third kappa shape index (κ3) is 7.91. The lowest BCUT2D eigenvalue weighted by Gasteiger charge is -2.25. The van der Waals surface area contributed by atoms with Crippen molar-refractivity contribution in [2.75, 3.05) is 17.5 Å². The summed E-state index contributed by atoms with van der Waals surface area (Å²) in [4.78, 5) is 24.6. The van der Waals surface area contributed by atoms with E-state index in [4.69, 9.17) is 4.74 Å². The van der Waals surface area contributed by atoms with E-state index in [-0.39, 0.29) is 23.5 Å². The van der Waals surface area contributed by atoms with Crippen LogP contribution in [-0.4, -0.2) is 45.6 Å². The third-order valence-electron chi connectivity index (χ3n) is 5.35. The van der Waals surface area contributed by atoms with E-state index in [0.717, 1.165) is 15.4 Å². The van der Waals surface area contributed by atoms with E-state index in [2.05, 4.69) is 15.8 Å². The minimum Gasteiger partial charge on any atom is -0.484 e. The lowest BCUT2D eigenvalue weighted by molar-refractivity contribution is -0.123. The number of sulfonamides is 1. The SMILES string of the molecule is Cc1ccc(C)c(N(CC(=O)N/N=C\c2ccc(OCC(=O)NC(C)C)cc2)S(=O)(=O)c2ccccc2)c1. The van der Waals surface area contributed by atoms with Crippen molar-refractivity contribution in [2.24, 2.45) is 5.10 Å². The Kier molecular flexibility index (Phi) is 9.61. The van der Waals surface area contributed by atoms with Crippen molar-refractivity contribution in [1.82, 2.24) is 10.7 Å².